The van der Waals surface area contributed by atoms with Crippen molar-refractivity contribution in [2.24, 2.45) is 5.92 Å². The Morgan fingerprint density at radius 1 is 1.15 bits per heavy atom. The van der Waals surface area contributed by atoms with Gasteiger partial charge in [0.15, 0.2) is 0 Å². The lowest BCUT2D eigenvalue weighted by Gasteiger charge is -2.35. The molecule has 1 aliphatic heterocycles. The van der Waals surface area contributed by atoms with Crippen LogP contribution in [0.5, 0.6) is 0 Å². The molecular weight excluding hydrogens is 322 g/mol. The summed E-state index contributed by atoms with van der Waals surface area (Å²) in [6.45, 7) is 0. The molecule has 26 heavy (non-hydrogen) atoms. The molecule has 4 aliphatic rings. The summed E-state index contributed by atoms with van der Waals surface area (Å²) in [5.74, 6) is 1.08. The highest BCUT2D eigenvalue weighted by atomic mass is 16.5. The molecule has 1 aromatic carbocycles. The largest absolute Gasteiger partial charge is 0.377 e. The fraction of sp³-hybridized carbons (Fsp3) is 0.435. The van der Waals surface area contributed by atoms with Crippen LogP contribution in [0.3, 0.4) is 0 Å². The molecule has 0 amide bonds. The summed E-state index contributed by atoms with van der Waals surface area (Å²) in [6.07, 6.45) is 16.2. The Morgan fingerprint density at radius 2 is 2.08 bits per heavy atom. The second-order valence-electron chi connectivity index (χ2n) is 7.98. The van der Waals surface area contributed by atoms with Gasteiger partial charge in [0.25, 0.3) is 0 Å². The highest BCUT2D eigenvalue weighted by Gasteiger charge is 2.43. The predicted molar refractivity (Wildman–Crippen MR) is 104 cm³/mol. The molecule has 1 fully saturated rings. The van der Waals surface area contributed by atoms with Crippen LogP contribution in [0.1, 0.15) is 53.9 Å². The molecule has 5 rings (SSSR count). The maximum Gasteiger partial charge on any atom is 0.150 e. The lowest BCUT2D eigenvalue weighted by molar-refractivity contribution is 0.112. The molecule has 0 N–H and O–H groups in total. The van der Waals surface area contributed by atoms with Crippen molar-refractivity contribution in [2.45, 2.75) is 50.2 Å². The number of carbonyl (C=O) groups is 1. The minimum absolute atomic E-state index is 0.223. The Morgan fingerprint density at radius 3 is 2.92 bits per heavy atom. The summed E-state index contributed by atoms with van der Waals surface area (Å²) in [4.78, 5) is 13.8. The first-order valence-electron chi connectivity index (χ1n) is 9.77. The van der Waals surface area contributed by atoms with E-state index in [1.54, 1.807) is 7.11 Å². The van der Waals surface area contributed by atoms with E-state index < -0.39 is 0 Å². The van der Waals surface area contributed by atoms with Gasteiger partial charge < -0.3 is 9.64 Å². The number of allylic oxidation sites excluding steroid dienone is 4. The molecule has 3 nitrogen and oxygen atoms in total. The van der Waals surface area contributed by atoms with Crippen molar-refractivity contribution in [3.05, 3.63) is 64.9 Å². The fourth-order valence-electron chi connectivity index (χ4n) is 5.38. The van der Waals surface area contributed by atoms with E-state index in [-0.39, 0.29) is 6.10 Å². The Hall–Kier alpha value is -2.13. The number of nitrogens with zero attached hydrogens (tertiary/aromatic N) is 1. The van der Waals surface area contributed by atoms with Gasteiger partial charge in [-0.05, 0) is 55.5 Å². The number of methoxy groups -OCH3 is 1. The topological polar surface area (TPSA) is 29.5 Å². The summed E-state index contributed by atoms with van der Waals surface area (Å²) in [6, 6.07) is 6.82. The number of hydrogen-bond acceptors (Lipinski definition) is 3. The van der Waals surface area contributed by atoms with Crippen molar-refractivity contribution in [3.63, 3.8) is 0 Å². The molecule has 0 saturated heterocycles. The Balaban J connectivity index is 1.51. The van der Waals surface area contributed by atoms with E-state index in [0.717, 1.165) is 24.7 Å². The number of benzene rings is 1. The first-order valence-corrected chi connectivity index (χ1v) is 9.77. The van der Waals surface area contributed by atoms with Crippen LogP contribution in [-0.4, -0.2) is 25.5 Å². The van der Waals surface area contributed by atoms with Crippen LogP contribution in [0.4, 0.5) is 5.69 Å². The van der Waals surface area contributed by atoms with Crippen LogP contribution >= 0.6 is 0 Å². The lowest BCUT2D eigenvalue weighted by atomic mass is 9.82. The van der Waals surface area contributed by atoms with Crippen molar-refractivity contribution in [3.8, 4) is 0 Å². The predicted octanol–water partition coefficient (Wildman–Crippen LogP) is 4.76. The molecule has 0 radical (unpaired) electrons. The number of anilines is 1. The third kappa shape index (κ3) is 2.41. The molecule has 4 unspecified atom stereocenters. The average Bonchev–Trinajstić information content (AvgIpc) is 3.27. The number of aldehydes is 1. The zero-order valence-corrected chi connectivity index (χ0v) is 15.2. The quantitative estimate of drug-likeness (QED) is 0.583. The van der Waals surface area contributed by atoms with Gasteiger partial charge in [-0.25, -0.2) is 0 Å². The zero-order chi connectivity index (χ0) is 17.7. The normalized spacial score (nSPS) is 31.8. The molecule has 0 bridgehead atoms. The minimum Gasteiger partial charge on any atom is -0.377 e. The van der Waals surface area contributed by atoms with E-state index in [1.165, 1.54) is 41.8 Å². The van der Waals surface area contributed by atoms with E-state index in [1.807, 2.05) is 6.07 Å². The second-order valence-corrected chi connectivity index (χ2v) is 7.98. The molecule has 3 aliphatic carbocycles. The van der Waals surface area contributed by atoms with Crippen LogP contribution in [0, 0.1) is 5.92 Å². The van der Waals surface area contributed by atoms with Crippen LogP contribution in [-0.2, 0) is 4.74 Å². The van der Waals surface area contributed by atoms with Gasteiger partial charge in [0, 0.05) is 41.9 Å². The smallest absolute Gasteiger partial charge is 0.150 e. The van der Waals surface area contributed by atoms with Crippen molar-refractivity contribution < 1.29 is 9.53 Å². The molecule has 1 saturated carbocycles. The van der Waals surface area contributed by atoms with Gasteiger partial charge in [-0.15, -0.1) is 0 Å². The monoisotopic (exact) mass is 347 g/mol. The summed E-state index contributed by atoms with van der Waals surface area (Å²) < 4.78 is 5.50. The van der Waals surface area contributed by atoms with Gasteiger partial charge in [0.2, 0.25) is 0 Å². The number of carbonyl (C=O) groups excluding carboxylic acids is 1. The Kier molecular flexibility index (Phi) is 3.86. The zero-order valence-electron chi connectivity index (χ0n) is 15.2. The Bertz CT molecular complexity index is 835. The molecule has 4 atom stereocenters. The molecule has 0 aromatic heterocycles. The van der Waals surface area contributed by atoms with E-state index in [4.69, 9.17) is 4.74 Å². The molecular formula is C23H25NO2. The molecule has 1 heterocycles. The number of rotatable bonds is 3. The highest BCUT2D eigenvalue weighted by Crippen LogP contribution is 2.52. The third-order valence-corrected chi connectivity index (χ3v) is 6.66. The highest BCUT2D eigenvalue weighted by molar-refractivity contribution is 5.79. The number of fused-ring (bicyclic) bond motifs is 4. The van der Waals surface area contributed by atoms with Crippen molar-refractivity contribution >= 4 is 12.0 Å². The molecule has 3 heteroatoms. The first-order chi connectivity index (χ1) is 12.8. The number of ether oxygens (including phenoxy) is 1. The fourth-order valence-corrected chi connectivity index (χ4v) is 5.38. The van der Waals surface area contributed by atoms with Gasteiger partial charge in [-0.1, -0.05) is 30.2 Å². The van der Waals surface area contributed by atoms with Crippen LogP contribution in [0.25, 0.3) is 0 Å². The average molecular weight is 347 g/mol. The lowest BCUT2D eigenvalue weighted by Crippen LogP contribution is -2.33. The summed E-state index contributed by atoms with van der Waals surface area (Å²) in [5.41, 5.74) is 6.42. The SMILES string of the molecule is COC1C=CC2CC(N3c4ccc(C=O)cc4C4CCCC43)=CC=C2C1. The van der Waals surface area contributed by atoms with E-state index >= 15 is 0 Å². The third-order valence-electron chi connectivity index (χ3n) is 6.66. The van der Waals surface area contributed by atoms with Gasteiger partial charge in [0.1, 0.15) is 6.29 Å². The van der Waals surface area contributed by atoms with Crippen LogP contribution in [0.15, 0.2) is 53.8 Å². The van der Waals surface area contributed by atoms with Gasteiger partial charge in [-0.3, -0.25) is 4.79 Å². The van der Waals surface area contributed by atoms with Gasteiger partial charge >= 0.3 is 0 Å². The standard InChI is InChI=1S/C23H25NO2/c1-26-19-9-7-16-12-18(8-6-17(16)13-19)24-22-4-2-3-20(22)21-11-15(14-25)5-10-23(21)24/h5-11,14,16,19-20,22H,2-4,12-13H2,1H3. The molecule has 134 valence electrons. The van der Waals surface area contributed by atoms with Crippen molar-refractivity contribution in [1.82, 2.24) is 0 Å². The summed E-state index contributed by atoms with van der Waals surface area (Å²) >= 11 is 0. The second kappa shape index (κ2) is 6.24. The van der Waals surface area contributed by atoms with E-state index in [2.05, 4.69) is 41.3 Å². The van der Waals surface area contributed by atoms with Gasteiger partial charge in [0.05, 0.1) is 6.10 Å². The van der Waals surface area contributed by atoms with E-state index in [9.17, 15) is 4.79 Å². The maximum atomic E-state index is 11.2. The van der Waals surface area contributed by atoms with Crippen molar-refractivity contribution in [2.75, 3.05) is 12.0 Å². The summed E-state index contributed by atoms with van der Waals surface area (Å²) in [5, 5.41) is 0. The van der Waals surface area contributed by atoms with E-state index in [0.29, 0.717) is 17.9 Å². The molecule has 0 spiro atoms. The summed E-state index contributed by atoms with van der Waals surface area (Å²) in [7, 11) is 1.79. The first kappa shape index (κ1) is 16.1. The Labute approximate surface area is 155 Å². The van der Waals surface area contributed by atoms with Crippen LogP contribution < -0.4 is 4.90 Å². The van der Waals surface area contributed by atoms with Gasteiger partial charge in [-0.2, -0.15) is 0 Å². The van der Waals surface area contributed by atoms with Crippen LogP contribution in [0.2, 0.25) is 0 Å². The minimum atomic E-state index is 0.223. The maximum absolute atomic E-state index is 11.2. The number of hydrogen-bond donors (Lipinski definition) is 0. The molecule has 1 aromatic rings. The van der Waals surface area contributed by atoms with Crippen molar-refractivity contribution in [1.29, 1.82) is 0 Å².